The van der Waals surface area contributed by atoms with Gasteiger partial charge >= 0.3 is 0 Å². The number of aromatic nitrogens is 1. The van der Waals surface area contributed by atoms with Crippen LogP contribution in [0, 0.1) is 6.92 Å². The van der Waals surface area contributed by atoms with Crippen LogP contribution in [0.2, 0.25) is 0 Å². The fraction of sp³-hybridized carbons (Fsp3) is 0.636. The second-order valence-corrected chi connectivity index (χ2v) is 3.81. The number of rotatable bonds is 4. The molecule has 1 aromatic heterocycles. The zero-order valence-electron chi connectivity index (χ0n) is 10.8. The standard InChI is InChI=1S/C11H20N4O.HI/c1-5-8(2)14-11(12-4)13-7-10-6-9(3)15-16-10;/h6,8H,5,7H2,1-4H3,(H2,12,13,14);1H. The van der Waals surface area contributed by atoms with Gasteiger partial charge in [0.05, 0.1) is 12.2 Å². The van der Waals surface area contributed by atoms with Crippen LogP contribution < -0.4 is 10.6 Å². The molecule has 1 heterocycles. The predicted octanol–water partition coefficient (Wildman–Crippen LogP) is 2.06. The Morgan fingerprint density at radius 1 is 1.59 bits per heavy atom. The van der Waals surface area contributed by atoms with Gasteiger partial charge in [-0.05, 0) is 20.3 Å². The molecule has 0 aliphatic rings. The van der Waals surface area contributed by atoms with Crippen molar-refractivity contribution in [3.8, 4) is 0 Å². The van der Waals surface area contributed by atoms with Crippen LogP contribution in [0.3, 0.4) is 0 Å². The number of halogens is 1. The van der Waals surface area contributed by atoms with E-state index in [1.807, 2.05) is 13.0 Å². The van der Waals surface area contributed by atoms with E-state index in [4.69, 9.17) is 4.52 Å². The van der Waals surface area contributed by atoms with E-state index in [2.05, 4.69) is 34.6 Å². The van der Waals surface area contributed by atoms with Gasteiger partial charge in [0.1, 0.15) is 0 Å². The maximum absolute atomic E-state index is 5.10. The molecule has 0 aliphatic carbocycles. The Kier molecular flexibility index (Phi) is 7.94. The number of aryl methyl sites for hydroxylation is 1. The molecule has 2 N–H and O–H groups in total. The van der Waals surface area contributed by atoms with Crippen LogP contribution in [0.15, 0.2) is 15.6 Å². The highest BCUT2D eigenvalue weighted by Gasteiger charge is 2.04. The van der Waals surface area contributed by atoms with Gasteiger partial charge in [0, 0.05) is 19.2 Å². The molecule has 1 unspecified atom stereocenters. The Balaban J connectivity index is 0.00000256. The third kappa shape index (κ3) is 5.90. The van der Waals surface area contributed by atoms with Crippen molar-refractivity contribution < 1.29 is 4.52 Å². The van der Waals surface area contributed by atoms with Crippen molar-refractivity contribution >= 4 is 29.9 Å². The summed E-state index contributed by atoms with van der Waals surface area (Å²) in [5.74, 6) is 1.59. The number of guanidine groups is 1. The largest absolute Gasteiger partial charge is 0.359 e. The molecule has 5 nitrogen and oxygen atoms in total. The van der Waals surface area contributed by atoms with Crippen LogP contribution in [-0.4, -0.2) is 24.2 Å². The average molecular weight is 352 g/mol. The first kappa shape index (κ1) is 16.2. The fourth-order valence-electron chi connectivity index (χ4n) is 1.20. The first-order valence-corrected chi connectivity index (χ1v) is 5.55. The molecule has 0 amide bonds. The fourth-order valence-corrected chi connectivity index (χ4v) is 1.20. The number of aliphatic imine (C=N–C) groups is 1. The Labute approximate surface area is 119 Å². The lowest BCUT2D eigenvalue weighted by molar-refractivity contribution is 0.376. The van der Waals surface area contributed by atoms with E-state index in [0.29, 0.717) is 12.6 Å². The van der Waals surface area contributed by atoms with Gasteiger partial charge in [-0.2, -0.15) is 0 Å². The van der Waals surface area contributed by atoms with Crippen LogP contribution in [0.25, 0.3) is 0 Å². The lowest BCUT2D eigenvalue weighted by Crippen LogP contribution is -2.41. The molecule has 6 heteroatoms. The maximum atomic E-state index is 5.10. The third-order valence-corrected chi connectivity index (χ3v) is 2.33. The summed E-state index contributed by atoms with van der Waals surface area (Å²) in [7, 11) is 1.75. The van der Waals surface area contributed by atoms with Crippen LogP contribution in [0.1, 0.15) is 31.7 Å². The Morgan fingerprint density at radius 3 is 2.76 bits per heavy atom. The minimum atomic E-state index is 0. The molecule has 17 heavy (non-hydrogen) atoms. The summed E-state index contributed by atoms with van der Waals surface area (Å²) in [5.41, 5.74) is 0.890. The maximum Gasteiger partial charge on any atom is 0.191 e. The molecule has 0 saturated heterocycles. The van der Waals surface area contributed by atoms with Crippen molar-refractivity contribution in [1.29, 1.82) is 0 Å². The normalized spacial score (nSPS) is 12.8. The number of hydrogen-bond acceptors (Lipinski definition) is 3. The van der Waals surface area contributed by atoms with E-state index in [9.17, 15) is 0 Å². The van der Waals surface area contributed by atoms with E-state index in [-0.39, 0.29) is 24.0 Å². The first-order chi connectivity index (χ1) is 7.65. The molecule has 98 valence electrons. The van der Waals surface area contributed by atoms with Gasteiger partial charge in [0.15, 0.2) is 11.7 Å². The molecule has 0 radical (unpaired) electrons. The second kappa shape index (κ2) is 8.32. The summed E-state index contributed by atoms with van der Waals surface area (Å²) >= 11 is 0. The zero-order valence-corrected chi connectivity index (χ0v) is 13.1. The highest BCUT2D eigenvalue weighted by atomic mass is 127. The second-order valence-electron chi connectivity index (χ2n) is 3.81. The number of hydrogen-bond donors (Lipinski definition) is 2. The topological polar surface area (TPSA) is 62.5 Å². The number of nitrogens with one attached hydrogen (secondary N) is 2. The molecule has 1 rings (SSSR count). The molecule has 0 bridgehead atoms. The first-order valence-electron chi connectivity index (χ1n) is 5.55. The monoisotopic (exact) mass is 352 g/mol. The van der Waals surface area contributed by atoms with Crippen molar-refractivity contribution in [2.24, 2.45) is 4.99 Å². The Hall–Kier alpha value is -0.790. The summed E-state index contributed by atoms with van der Waals surface area (Å²) < 4.78 is 5.10. The molecule has 0 spiro atoms. The van der Waals surface area contributed by atoms with Crippen molar-refractivity contribution in [1.82, 2.24) is 15.8 Å². The van der Waals surface area contributed by atoms with E-state index in [0.717, 1.165) is 23.8 Å². The minimum absolute atomic E-state index is 0. The van der Waals surface area contributed by atoms with Gasteiger partial charge in [-0.15, -0.1) is 24.0 Å². The molecule has 0 aliphatic heterocycles. The highest BCUT2D eigenvalue weighted by molar-refractivity contribution is 14.0. The van der Waals surface area contributed by atoms with Crippen LogP contribution in [0.5, 0.6) is 0 Å². The quantitative estimate of drug-likeness (QED) is 0.495. The van der Waals surface area contributed by atoms with Gasteiger partial charge in [-0.3, -0.25) is 4.99 Å². The minimum Gasteiger partial charge on any atom is -0.359 e. The summed E-state index contributed by atoms with van der Waals surface area (Å²) in [6, 6.07) is 2.31. The molecular weight excluding hydrogens is 331 g/mol. The van der Waals surface area contributed by atoms with Crippen molar-refractivity contribution in [3.05, 3.63) is 17.5 Å². The Morgan fingerprint density at radius 2 is 2.29 bits per heavy atom. The highest BCUT2D eigenvalue weighted by Crippen LogP contribution is 2.00. The predicted molar refractivity (Wildman–Crippen MR) is 79.7 cm³/mol. The van der Waals surface area contributed by atoms with Crippen molar-refractivity contribution in [3.63, 3.8) is 0 Å². The van der Waals surface area contributed by atoms with Gasteiger partial charge in [0.25, 0.3) is 0 Å². The lowest BCUT2D eigenvalue weighted by Gasteiger charge is -2.15. The molecule has 0 fully saturated rings. The van der Waals surface area contributed by atoms with Gasteiger partial charge < -0.3 is 15.2 Å². The summed E-state index contributed by atoms with van der Waals surface area (Å²) in [6.45, 7) is 6.74. The lowest BCUT2D eigenvalue weighted by atomic mass is 10.3. The van der Waals surface area contributed by atoms with E-state index in [1.165, 1.54) is 0 Å². The van der Waals surface area contributed by atoms with Gasteiger partial charge in [-0.25, -0.2) is 0 Å². The third-order valence-electron chi connectivity index (χ3n) is 2.33. The van der Waals surface area contributed by atoms with Crippen LogP contribution in [-0.2, 0) is 6.54 Å². The SMILES string of the molecule is CCC(C)NC(=NC)NCc1cc(C)no1.I. The van der Waals surface area contributed by atoms with Crippen LogP contribution >= 0.6 is 24.0 Å². The van der Waals surface area contributed by atoms with E-state index >= 15 is 0 Å². The van der Waals surface area contributed by atoms with Crippen molar-refractivity contribution in [2.75, 3.05) is 7.05 Å². The summed E-state index contributed by atoms with van der Waals surface area (Å²) in [6.07, 6.45) is 1.06. The van der Waals surface area contributed by atoms with E-state index < -0.39 is 0 Å². The van der Waals surface area contributed by atoms with Gasteiger partial charge in [0.2, 0.25) is 0 Å². The molecule has 0 saturated carbocycles. The smallest absolute Gasteiger partial charge is 0.191 e. The molecular formula is C11H21IN4O. The molecule has 1 aromatic rings. The molecule has 1 atom stereocenters. The van der Waals surface area contributed by atoms with Gasteiger partial charge in [-0.1, -0.05) is 12.1 Å². The average Bonchev–Trinajstić information content (AvgIpc) is 2.69. The number of nitrogens with zero attached hydrogens (tertiary/aromatic N) is 2. The molecule has 0 aromatic carbocycles. The summed E-state index contributed by atoms with van der Waals surface area (Å²) in [5, 5.41) is 10.3. The zero-order chi connectivity index (χ0) is 12.0. The van der Waals surface area contributed by atoms with Crippen molar-refractivity contribution in [2.45, 2.75) is 39.8 Å². The Bertz CT molecular complexity index is 351. The van der Waals surface area contributed by atoms with Crippen LogP contribution in [0.4, 0.5) is 0 Å². The summed E-state index contributed by atoms with van der Waals surface area (Å²) in [4.78, 5) is 4.13. The van der Waals surface area contributed by atoms with E-state index in [1.54, 1.807) is 7.05 Å².